The van der Waals surface area contributed by atoms with Crippen LogP contribution in [0.2, 0.25) is 0 Å². The molecule has 1 aromatic carbocycles. The van der Waals surface area contributed by atoms with Gasteiger partial charge in [0.1, 0.15) is 0 Å². The highest BCUT2D eigenvalue weighted by molar-refractivity contribution is 5.79. The van der Waals surface area contributed by atoms with Gasteiger partial charge in [-0.15, -0.1) is 0 Å². The third-order valence-electron chi connectivity index (χ3n) is 4.72. The number of hydrogen-bond donors (Lipinski definition) is 0. The number of amides is 1. The van der Waals surface area contributed by atoms with Crippen LogP contribution in [0.1, 0.15) is 39.0 Å². The van der Waals surface area contributed by atoms with Crippen molar-refractivity contribution in [2.45, 2.75) is 51.6 Å². The molecule has 1 aromatic heterocycles. The largest absolute Gasteiger partial charge is 0.340 e. The number of fused-ring (bicyclic) bond motifs is 1. The Hall–Kier alpha value is -2.17. The Labute approximate surface area is 135 Å². The van der Waals surface area contributed by atoms with Crippen molar-refractivity contribution in [3.63, 3.8) is 0 Å². The van der Waals surface area contributed by atoms with Gasteiger partial charge in [0.2, 0.25) is 11.3 Å². The van der Waals surface area contributed by atoms with Gasteiger partial charge in [-0.25, -0.2) is 0 Å². The number of aromatic nitrogens is 2. The van der Waals surface area contributed by atoms with Crippen LogP contribution in [0.3, 0.4) is 0 Å². The van der Waals surface area contributed by atoms with Crippen LogP contribution in [-0.4, -0.2) is 33.2 Å². The highest BCUT2D eigenvalue weighted by Crippen LogP contribution is 2.20. The molecule has 3 rings (SSSR count). The first-order valence-corrected chi connectivity index (χ1v) is 8.45. The van der Waals surface area contributed by atoms with E-state index in [-0.39, 0.29) is 11.3 Å². The fraction of sp³-hybridized carbons (Fsp3) is 0.500. The van der Waals surface area contributed by atoms with Crippen molar-refractivity contribution in [3.05, 3.63) is 40.7 Å². The number of piperidine rings is 1. The predicted molar refractivity (Wildman–Crippen MR) is 90.3 cm³/mol. The summed E-state index contributed by atoms with van der Waals surface area (Å²) in [5.74, 6) is 0.195. The van der Waals surface area contributed by atoms with E-state index in [9.17, 15) is 9.59 Å². The van der Waals surface area contributed by atoms with Crippen LogP contribution in [0.15, 0.2) is 35.3 Å². The van der Waals surface area contributed by atoms with Gasteiger partial charge in [-0.3, -0.25) is 14.3 Å². The van der Waals surface area contributed by atoms with Gasteiger partial charge in [-0.1, -0.05) is 19.1 Å². The zero-order valence-electron chi connectivity index (χ0n) is 13.6. The first-order chi connectivity index (χ1) is 11.2. The summed E-state index contributed by atoms with van der Waals surface area (Å²) in [6.45, 7) is 3.52. The topological polar surface area (TPSA) is 55.2 Å². The van der Waals surface area contributed by atoms with E-state index < -0.39 is 0 Å². The first-order valence-electron chi connectivity index (χ1n) is 8.45. The maximum absolute atomic E-state index is 12.6. The number of carbonyl (C=O) groups excluding carboxylic acids is 1. The van der Waals surface area contributed by atoms with E-state index in [1.807, 2.05) is 23.1 Å². The molecule has 1 unspecified atom stereocenters. The van der Waals surface area contributed by atoms with E-state index in [1.165, 1.54) is 12.6 Å². The number of para-hydroxylation sites is 1. The number of hydrogen-bond acceptors (Lipinski definition) is 3. The van der Waals surface area contributed by atoms with Crippen molar-refractivity contribution in [1.82, 2.24) is 14.7 Å². The number of likely N-dealkylation sites (tertiary alicyclic amines) is 1. The Morgan fingerprint density at radius 1 is 1.30 bits per heavy atom. The van der Waals surface area contributed by atoms with E-state index in [1.54, 1.807) is 10.7 Å². The fourth-order valence-corrected chi connectivity index (χ4v) is 3.44. The van der Waals surface area contributed by atoms with Gasteiger partial charge < -0.3 is 4.90 Å². The van der Waals surface area contributed by atoms with Gasteiger partial charge >= 0.3 is 0 Å². The smallest absolute Gasteiger partial charge is 0.224 e. The number of carbonyl (C=O) groups is 1. The normalized spacial score (nSPS) is 18.3. The lowest BCUT2D eigenvalue weighted by Crippen LogP contribution is -2.43. The zero-order chi connectivity index (χ0) is 16.2. The summed E-state index contributed by atoms with van der Waals surface area (Å²) in [6, 6.07) is 7.80. The maximum atomic E-state index is 12.6. The summed E-state index contributed by atoms with van der Waals surface area (Å²) in [5.41, 5.74) is 0.712. The molecule has 1 amide bonds. The lowest BCUT2D eigenvalue weighted by Gasteiger charge is -2.35. The second-order valence-electron chi connectivity index (χ2n) is 6.14. The van der Waals surface area contributed by atoms with Crippen LogP contribution in [0.25, 0.3) is 10.9 Å². The molecule has 122 valence electrons. The van der Waals surface area contributed by atoms with Crippen LogP contribution in [0, 0.1) is 0 Å². The van der Waals surface area contributed by atoms with Crippen LogP contribution < -0.4 is 5.43 Å². The van der Waals surface area contributed by atoms with Crippen molar-refractivity contribution in [2.75, 3.05) is 6.54 Å². The van der Waals surface area contributed by atoms with Crippen molar-refractivity contribution < 1.29 is 4.79 Å². The molecule has 1 aliphatic heterocycles. The van der Waals surface area contributed by atoms with Crippen LogP contribution in [0.5, 0.6) is 0 Å². The van der Waals surface area contributed by atoms with Gasteiger partial charge in [-0.05, 0) is 37.8 Å². The molecule has 0 N–H and O–H groups in total. The van der Waals surface area contributed by atoms with Crippen molar-refractivity contribution in [3.8, 4) is 0 Å². The summed E-state index contributed by atoms with van der Waals surface area (Å²) in [5, 5.41) is 4.85. The van der Waals surface area contributed by atoms with Gasteiger partial charge in [0.15, 0.2) is 0 Å². The molecule has 1 saturated heterocycles. The average Bonchev–Trinajstić information content (AvgIpc) is 2.61. The number of nitrogens with zero attached hydrogens (tertiary/aromatic N) is 3. The third-order valence-corrected chi connectivity index (χ3v) is 4.72. The predicted octanol–water partition coefficient (Wildman–Crippen LogP) is 2.58. The quantitative estimate of drug-likeness (QED) is 0.872. The summed E-state index contributed by atoms with van der Waals surface area (Å²) < 4.78 is 1.76. The van der Waals surface area contributed by atoms with Gasteiger partial charge in [0, 0.05) is 24.4 Å². The molecule has 1 atom stereocenters. The molecule has 2 aromatic rings. The Bertz CT molecular complexity index is 753. The van der Waals surface area contributed by atoms with Crippen LogP contribution in [-0.2, 0) is 11.3 Å². The van der Waals surface area contributed by atoms with Crippen LogP contribution in [0.4, 0.5) is 0 Å². The number of benzene rings is 1. The molecule has 0 spiro atoms. The Morgan fingerprint density at radius 3 is 2.96 bits per heavy atom. The van der Waals surface area contributed by atoms with E-state index in [4.69, 9.17) is 0 Å². The van der Waals surface area contributed by atoms with E-state index in [2.05, 4.69) is 12.0 Å². The number of aryl methyl sites for hydroxylation is 1. The van der Waals surface area contributed by atoms with Crippen LogP contribution >= 0.6 is 0 Å². The molecule has 0 aliphatic carbocycles. The minimum Gasteiger partial charge on any atom is -0.340 e. The first kappa shape index (κ1) is 15.7. The third kappa shape index (κ3) is 3.28. The molecule has 0 radical (unpaired) electrons. The zero-order valence-corrected chi connectivity index (χ0v) is 13.6. The minimum absolute atomic E-state index is 0.0785. The summed E-state index contributed by atoms with van der Waals surface area (Å²) in [6.07, 6.45) is 6.21. The second kappa shape index (κ2) is 6.94. The second-order valence-corrected chi connectivity index (χ2v) is 6.14. The monoisotopic (exact) mass is 313 g/mol. The van der Waals surface area contributed by atoms with Gasteiger partial charge in [0.05, 0.1) is 18.3 Å². The molecule has 1 aliphatic rings. The SMILES string of the molecule is CCC1CCCCN1C(=O)CCn1ncc(=O)c2ccccc21. The standard InChI is InChI=1S/C18H23N3O2/c1-2-14-7-5-6-11-20(14)18(23)10-12-21-16-9-4-3-8-15(16)17(22)13-19-21/h3-4,8-9,13-14H,2,5-7,10-12H2,1H3. The lowest BCUT2D eigenvalue weighted by molar-refractivity contribution is -0.135. The van der Waals surface area contributed by atoms with Gasteiger partial charge in [0.25, 0.3) is 0 Å². The molecule has 0 saturated carbocycles. The summed E-state index contributed by atoms with van der Waals surface area (Å²) in [4.78, 5) is 26.4. The average molecular weight is 313 g/mol. The molecule has 5 heteroatoms. The number of rotatable bonds is 4. The lowest BCUT2D eigenvalue weighted by atomic mass is 9.99. The molecule has 5 nitrogen and oxygen atoms in total. The molecule has 1 fully saturated rings. The minimum atomic E-state index is -0.0785. The van der Waals surface area contributed by atoms with E-state index in [0.29, 0.717) is 24.4 Å². The van der Waals surface area contributed by atoms with Crippen molar-refractivity contribution in [1.29, 1.82) is 0 Å². The Kier molecular flexibility index (Phi) is 4.74. The highest BCUT2D eigenvalue weighted by atomic mass is 16.2. The van der Waals surface area contributed by atoms with E-state index >= 15 is 0 Å². The molecular formula is C18H23N3O2. The molecular weight excluding hydrogens is 290 g/mol. The maximum Gasteiger partial charge on any atom is 0.224 e. The molecule has 23 heavy (non-hydrogen) atoms. The van der Waals surface area contributed by atoms with Crippen molar-refractivity contribution in [2.24, 2.45) is 0 Å². The Morgan fingerprint density at radius 2 is 2.13 bits per heavy atom. The molecule has 0 bridgehead atoms. The van der Waals surface area contributed by atoms with Crippen molar-refractivity contribution >= 4 is 16.8 Å². The van der Waals surface area contributed by atoms with Gasteiger partial charge in [-0.2, -0.15) is 5.10 Å². The summed E-state index contributed by atoms with van der Waals surface area (Å²) in [7, 11) is 0. The Balaban J connectivity index is 1.74. The molecule has 2 heterocycles. The van der Waals surface area contributed by atoms with E-state index in [0.717, 1.165) is 31.3 Å². The highest BCUT2D eigenvalue weighted by Gasteiger charge is 2.24. The fourth-order valence-electron chi connectivity index (χ4n) is 3.44. The summed E-state index contributed by atoms with van der Waals surface area (Å²) >= 11 is 0.